The number of carbonyl (C=O) groups excluding carboxylic acids is 1. The molecule has 0 radical (unpaired) electrons. The molecule has 0 unspecified atom stereocenters. The van der Waals surface area contributed by atoms with Gasteiger partial charge in [-0.1, -0.05) is 11.6 Å². The minimum absolute atomic E-state index is 0.0354. The van der Waals surface area contributed by atoms with Crippen LogP contribution in [0.5, 0.6) is 0 Å². The number of carbonyl (C=O) groups is 1. The Hall–Kier alpha value is -3.24. The van der Waals surface area contributed by atoms with E-state index in [0.717, 1.165) is 0 Å². The number of non-ortho nitro benzene ring substituents is 1. The van der Waals surface area contributed by atoms with Gasteiger partial charge < -0.3 is 5.32 Å². The molecule has 3 aromatic rings. The molecule has 0 aliphatic heterocycles. The molecule has 0 spiro atoms. The van der Waals surface area contributed by atoms with E-state index in [4.69, 9.17) is 23.8 Å². The molecule has 0 fully saturated rings. The lowest BCUT2D eigenvalue weighted by Gasteiger charge is -2.12. The average molecular weight is 405 g/mol. The van der Waals surface area contributed by atoms with Crippen molar-refractivity contribution in [1.29, 1.82) is 0 Å². The summed E-state index contributed by atoms with van der Waals surface area (Å²) in [6.07, 6.45) is 1.47. The number of fused-ring (bicyclic) bond motifs is 1. The van der Waals surface area contributed by atoms with E-state index in [1.165, 1.54) is 23.0 Å². The standard InChI is InChI=1S/C16H13ClN6O3S/c17-11-1-3-12(4-2-11)19-16(27)21-20-15(24)9-22-14-6-5-13(23(25)26)7-10(14)8-18-22/h1-8H,9H2,(H,20,24)(H2,19,21,27). The van der Waals surface area contributed by atoms with Crippen molar-refractivity contribution in [3.63, 3.8) is 0 Å². The summed E-state index contributed by atoms with van der Waals surface area (Å²) in [5.74, 6) is -0.390. The summed E-state index contributed by atoms with van der Waals surface area (Å²) in [4.78, 5) is 22.4. The van der Waals surface area contributed by atoms with E-state index in [0.29, 0.717) is 21.6 Å². The van der Waals surface area contributed by atoms with Gasteiger partial charge in [-0.15, -0.1) is 0 Å². The predicted octanol–water partition coefficient (Wildman–Crippen LogP) is 2.62. The van der Waals surface area contributed by atoms with E-state index in [1.54, 1.807) is 30.3 Å². The summed E-state index contributed by atoms with van der Waals surface area (Å²) in [7, 11) is 0. The van der Waals surface area contributed by atoms with Crippen molar-refractivity contribution in [3.8, 4) is 0 Å². The normalized spacial score (nSPS) is 10.4. The first-order valence-corrected chi connectivity index (χ1v) is 8.42. The van der Waals surface area contributed by atoms with Gasteiger partial charge in [0.25, 0.3) is 11.6 Å². The third-order valence-electron chi connectivity index (χ3n) is 3.55. The highest BCUT2D eigenvalue weighted by Gasteiger charge is 2.12. The summed E-state index contributed by atoms with van der Waals surface area (Å²) in [5, 5.41) is 19.2. The number of benzene rings is 2. The highest BCUT2D eigenvalue weighted by Crippen LogP contribution is 2.20. The minimum atomic E-state index is -0.484. The Labute approximate surface area is 163 Å². The number of hydrogen-bond donors (Lipinski definition) is 3. The van der Waals surface area contributed by atoms with E-state index < -0.39 is 10.8 Å². The molecule has 11 heteroatoms. The predicted molar refractivity (Wildman–Crippen MR) is 105 cm³/mol. The Morgan fingerprint density at radius 1 is 1.22 bits per heavy atom. The Balaban J connectivity index is 1.56. The molecule has 27 heavy (non-hydrogen) atoms. The van der Waals surface area contributed by atoms with E-state index in [9.17, 15) is 14.9 Å². The number of nitro groups is 1. The van der Waals surface area contributed by atoms with Crippen LogP contribution in [0, 0.1) is 10.1 Å². The SMILES string of the molecule is O=C(Cn1ncc2cc([N+](=O)[O-])ccc21)NNC(=S)Nc1ccc(Cl)cc1. The highest BCUT2D eigenvalue weighted by molar-refractivity contribution is 7.80. The molecule has 3 N–H and O–H groups in total. The molecule has 0 saturated carbocycles. The number of hydrazine groups is 1. The number of halogens is 1. The number of anilines is 1. The molecule has 0 atom stereocenters. The van der Waals surface area contributed by atoms with Gasteiger partial charge in [0.2, 0.25) is 0 Å². The molecular weight excluding hydrogens is 392 g/mol. The Morgan fingerprint density at radius 2 is 1.96 bits per heavy atom. The van der Waals surface area contributed by atoms with E-state index in [1.807, 2.05) is 0 Å². The maximum Gasteiger partial charge on any atom is 0.270 e. The first kappa shape index (κ1) is 18.5. The van der Waals surface area contributed by atoms with E-state index in [-0.39, 0.29) is 17.3 Å². The molecule has 3 rings (SSSR count). The third kappa shape index (κ3) is 4.68. The second kappa shape index (κ2) is 7.98. The first-order chi connectivity index (χ1) is 12.9. The smallest absolute Gasteiger partial charge is 0.270 e. The zero-order chi connectivity index (χ0) is 19.4. The van der Waals surface area contributed by atoms with Crippen molar-refractivity contribution < 1.29 is 9.72 Å². The van der Waals surface area contributed by atoms with Crippen LogP contribution in [0.1, 0.15) is 0 Å². The van der Waals surface area contributed by atoms with Crippen molar-refractivity contribution in [2.45, 2.75) is 6.54 Å². The fraction of sp³-hybridized carbons (Fsp3) is 0.0625. The zero-order valence-corrected chi connectivity index (χ0v) is 15.3. The fourth-order valence-electron chi connectivity index (χ4n) is 2.31. The van der Waals surface area contributed by atoms with Crippen molar-refractivity contribution in [2.24, 2.45) is 0 Å². The van der Waals surface area contributed by atoms with Crippen molar-refractivity contribution in [3.05, 3.63) is 63.8 Å². The minimum Gasteiger partial charge on any atom is -0.331 e. The monoisotopic (exact) mass is 404 g/mol. The molecular formula is C16H13ClN6O3S. The summed E-state index contributed by atoms with van der Waals surface area (Å²) < 4.78 is 1.44. The van der Waals surface area contributed by atoms with Gasteiger partial charge in [-0.25, -0.2) is 0 Å². The molecule has 0 bridgehead atoms. The number of rotatable bonds is 4. The van der Waals surface area contributed by atoms with Crippen LogP contribution in [-0.2, 0) is 11.3 Å². The molecule has 0 aliphatic rings. The van der Waals surface area contributed by atoms with Gasteiger partial charge in [-0.05, 0) is 42.5 Å². The lowest BCUT2D eigenvalue weighted by atomic mass is 10.2. The van der Waals surface area contributed by atoms with Crippen LogP contribution in [0.2, 0.25) is 5.02 Å². The summed E-state index contributed by atoms with van der Waals surface area (Å²) in [6, 6.07) is 11.2. The number of aromatic nitrogens is 2. The second-order valence-corrected chi connectivity index (χ2v) is 6.28. The maximum atomic E-state index is 12.1. The van der Waals surface area contributed by atoms with Gasteiger partial charge in [-0.3, -0.25) is 30.4 Å². The fourth-order valence-corrected chi connectivity index (χ4v) is 2.61. The molecule has 0 saturated heterocycles. The van der Waals surface area contributed by atoms with Crippen LogP contribution in [-0.4, -0.2) is 25.7 Å². The van der Waals surface area contributed by atoms with Gasteiger partial charge in [0.1, 0.15) is 6.54 Å². The lowest BCUT2D eigenvalue weighted by Crippen LogP contribution is -2.45. The van der Waals surface area contributed by atoms with Gasteiger partial charge in [0, 0.05) is 28.2 Å². The second-order valence-electron chi connectivity index (χ2n) is 5.44. The van der Waals surface area contributed by atoms with Crippen LogP contribution in [0.3, 0.4) is 0 Å². The van der Waals surface area contributed by atoms with E-state index in [2.05, 4.69) is 21.3 Å². The van der Waals surface area contributed by atoms with Crippen LogP contribution < -0.4 is 16.2 Å². The summed E-state index contributed by atoms with van der Waals surface area (Å²) >= 11 is 10.9. The Morgan fingerprint density at radius 3 is 2.67 bits per heavy atom. The zero-order valence-electron chi connectivity index (χ0n) is 13.7. The highest BCUT2D eigenvalue weighted by atomic mass is 35.5. The third-order valence-corrected chi connectivity index (χ3v) is 4.00. The number of amides is 1. The van der Waals surface area contributed by atoms with Crippen molar-refractivity contribution in [2.75, 3.05) is 5.32 Å². The van der Waals surface area contributed by atoms with Crippen LogP contribution in [0.25, 0.3) is 10.9 Å². The van der Waals surface area contributed by atoms with Crippen LogP contribution in [0.15, 0.2) is 48.7 Å². The Kier molecular flexibility index (Phi) is 5.48. The lowest BCUT2D eigenvalue weighted by molar-refractivity contribution is -0.384. The number of nitro benzene ring substituents is 1. The molecule has 138 valence electrons. The molecule has 0 aliphatic carbocycles. The van der Waals surface area contributed by atoms with Crippen LogP contribution in [0.4, 0.5) is 11.4 Å². The van der Waals surface area contributed by atoms with Gasteiger partial charge in [0.05, 0.1) is 16.6 Å². The number of hydrogen-bond acceptors (Lipinski definition) is 5. The molecule has 2 aromatic carbocycles. The van der Waals surface area contributed by atoms with Crippen LogP contribution >= 0.6 is 23.8 Å². The first-order valence-electron chi connectivity index (χ1n) is 7.64. The maximum absolute atomic E-state index is 12.1. The molecule has 9 nitrogen and oxygen atoms in total. The number of nitrogens with zero attached hydrogens (tertiary/aromatic N) is 3. The quantitative estimate of drug-likeness (QED) is 0.348. The average Bonchev–Trinajstić information content (AvgIpc) is 3.04. The van der Waals surface area contributed by atoms with E-state index >= 15 is 0 Å². The molecule has 1 heterocycles. The van der Waals surface area contributed by atoms with Gasteiger partial charge >= 0.3 is 0 Å². The Bertz CT molecular complexity index is 1020. The summed E-state index contributed by atoms with van der Waals surface area (Å²) in [5.41, 5.74) is 6.33. The largest absolute Gasteiger partial charge is 0.331 e. The molecule has 1 aromatic heterocycles. The topological polar surface area (TPSA) is 114 Å². The number of nitrogens with one attached hydrogen (secondary N) is 3. The summed E-state index contributed by atoms with van der Waals surface area (Å²) in [6.45, 7) is -0.0854. The number of thiocarbonyl (C=S) groups is 1. The van der Waals surface area contributed by atoms with Gasteiger partial charge in [-0.2, -0.15) is 5.10 Å². The molecule has 1 amide bonds. The van der Waals surface area contributed by atoms with Crippen molar-refractivity contribution in [1.82, 2.24) is 20.6 Å². The van der Waals surface area contributed by atoms with Gasteiger partial charge in [0.15, 0.2) is 5.11 Å². The van der Waals surface area contributed by atoms with Crippen molar-refractivity contribution >= 4 is 57.1 Å².